The van der Waals surface area contributed by atoms with E-state index in [1.807, 2.05) is 0 Å². The number of alkyl halides is 2. The van der Waals surface area contributed by atoms with Crippen LogP contribution in [0.3, 0.4) is 0 Å². The van der Waals surface area contributed by atoms with Gasteiger partial charge in [-0.25, -0.2) is 8.78 Å². The molecule has 2 atom stereocenters. The number of ether oxygens (including phenoxy) is 1. The van der Waals surface area contributed by atoms with E-state index in [-0.39, 0.29) is 0 Å². The van der Waals surface area contributed by atoms with Gasteiger partial charge < -0.3 is 10.1 Å². The summed E-state index contributed by atoms with van der Waals surface area (Å²) in [6.07, 6.45) is 1.87. The van der Waals surface area contributed by atoms with Gasteiger partial charge in [-0.05, 0) is 31.7 Å². The maximum atomic E-state index is 11.9. The molecule has 0 aromatic heterocycles. The molecule has 0 heterocycles. The monoisotopic (exact) mass is 251 g/mol. The Bertz CT molecular complexity index is 167. The van der Waals surface area contributed by atoms with Crippen molar-refractivity contribution in [2.45, 2.75) is 58.9 Å². The molecule has 0 rings (SSSR count). The Morgan fingerprint density at radius 3 is 2.35 bits per heavy atom. The SMILES string of the molecule is CCCNC(CCOCC(F)F)C(C)CCC. The van der Waals surface area contributed by atoms with Crippen LogP contribution >= 0.6 is 0 Å². The highest BCUT2D eigenvalue weighted by Crippen LogP contribution is 2.14. The van der Waals surface area contributed by atoms with Crippen LogP contribution in [0.1, 0.15) is 46.5 Å². The highest BCUT2D eigenvalue weighted by Gasteiger charge is 2.15. The van der Waals surface area contributed by atoms with Crippen molar-refractivity contribution in [3.05, 3.63) is 0 Å². The Morgan fingerprint density at radius 2 is 1.82 bits per heavy atom. The average molecular weight is 251 g/mol. The molecular formula is C13H27F2NO. The number of hydrogen-bond acceptors (Lipinski definition) is 2. The lowest BCUT2D eigenvalue weighted by Gasteiger charge is -2.25. The van der Waals surface area contributed by atoms with Crippen LogP contribution in [0.25, 0.3) is 0 Å². The normalized spacial score (nSPS) is 15.2. The van der Waals surface area contributed by atoms with Crippen molar-refractivity contribution in [1.29, 1.82) is 0 Å². The predicted molar refractivity (Wildman–Crippen MR) is 67.6 cm³/mol. The van der Waals surface area contributed by atoms with Gasteiger partial charge in [-0.2, -0.15) is 0 Å². The molecule has 4 heteroatoms. The number of nitrogens with one attached hydrogen (secondary N) is 1. The molecule has 0 aliphatic rings. The molecule has 0 aromatic carbocycles. The molecule has 1 N–H and O–H groups in total. The summed E-state index contributed by atoms with van der Waals surface area (Å²) in [5, 5.41) is 3.47. The first-order valence-electron chi connectivity index (χ1n) is 6.71. The van der Waals surface area contributed by atoms with Gasteiger partial charge in [0.25, 0.3) is 6.43 Å². The van der Waals surface area contributed by atoms with Crippen molar-refractivity contribution < 1.29 is 13.5 Å². The molecule has 0 aliphatic heterocycles. The van der Waals surface area contributed by atoms with E-state index >= 15 is 0 Å². The van der Waals surface area contributed by atoms with Crippen LogP contribution in [-0.4, -0.2) is 32.2 Å². The molecule has 17 heavy (non-hydrogen) atoms. The molecular weight excluding hydrogens is 224 g/mol. The topological polar surface area (TPSA) is 21.3 Å². The summed E-state index contributed by atoms with van der Waals surface area (Å²) in [7, 11) is 0. The predicted octanol–water partition coefficient (Wildman–Crippen LogP) is 3.46. The van der Waals surface area contributed by atoms with Crippen LogP contribution < -0.4 is 5.32 Å². The Hall–Kier alpha value is -0.220. The quantitative estimate of drug-likeness (QED) is 0.568. The van der Waals surface area contributed by atoms with Crippen molar-refractivity contribution in [3.8, 4) is 0 Å². The molecule has 2 unspecified atom stereocenters. The molecule has 104 valence electrons. The minimum absolute atomic E-state index is 0.382. The van der Waals surface area contributed by atoms with Gasteiger partial charge in [0.05, 0.1) is 0 Å². The summed E-state index contributed by atoms with van der Waals surface area (Å²) >= 11 is 0. The summed E-state index contributed by atoms with van der Waals surface area (Å²) < 4.78 is 28.7. The maximum absolute atomic E-state index is 11.9. The number of halogens is 2. The standard InChI is InChI=1S/C13H27F2NO/c1-4-6-11(3)12(16-8-5-2)7-9-17-10-13(14)15/h11-13,16H,4-10H2,1-3H3. The van der Waals surface area contributed by atoms with E-state index in [1.165, 1.54) is 0 Å². The van der Waals surface area contributed by atoms with Crippen molar-refractivity contribution in [2.75, 3.05) is 19.8 Å². The van der Waals surface area contributed by atoms with Crippen LogP contribution in [0.4, 0.5) is 8.78 Å². The van der Waals surface area contributed by atoms with E-state index in [0.29, 0.717) is 18.6 Å². The summed E-state index contributed by atoms with van der Waals surface area (Å²) in [5.41, 5.74) is 0. The molecule has 0 bridgehead atoms. The largest absolute Gasteiger partial charge is 0.375 e. The number of rotatable bonds is 11. The third kappa shape index (κ3) is 9.48. The van der Waals surface area contributed by atoms with Gasteiger partial charge in [0.15, 0.2) is 0 Å². The van der Waals surface area contributed by atoms with E-state index in [2.05, 4.69) is 26.1 Å². The molecule has 0 radical (unpaired) electrons. The summed E-state index contributed by atoms with van der Waals surface area (Å²) in [6, 6.07) is 0.382. The zero-order valence-electron chi connectivity index (χ0n) is 11.3. The van der Waals surface area contributed by atoms with E-state index in [1.54, 1.807) is 0 Å². The Kier molecular flexibility index (Phi) is 10.8. The summed E-state index contributed by atoms with van der Waals surface area (Å²) in [6.45, 7) is 7.46. The van der Waals surface area contributed by atoms with Gasteiger partial charge in [0, 0.05) is 12.6 Å². The zero-order chi connectivity index (χ0) is 13.1. The summed E-state index contributed by atoms with van der Waals surface area (Å²) in [5.74, 6) is 0.571. The first-order chi connectivity index (χ1) is 8.11. The zero-order valence-corrected chi connectivity index (χ0v) is 11.3. The fourth-order valence-corrected chi connectivity index (χ4v) is 1.96. The van der Waals surface area contributed by atoms with Crippen molar-refractivity contribution >= 4 is 0 Å². The molecule has 2 nitrogen and oxygen atoms in total. The molecule has 0 spiro atoms. The fourth-order valence-electron chi connectivity index (χ4n) is 1.96. The van der Waals surface area contributed by atoms with E-state index in [4.69, 9.17) is 4.74 Å². The minimum Gasteiger partial charge on any atom is -0.375 e. The molecule has 0 aromatic rings. The van der Waals surface area contributed by atoms with Gasteiger partial charge in [0.1, 0.15) is 6.61 Å². The van der Waals surface area contributed by atoms with Crippen molar-refractivity contribution in [2.24, 2.45) is 5.92 Å². The fraction of sp³-hybridized carbons (Fsp3) is 1.00. The maximum Gasteiger partial charge on any atom is 0.261 e. The van der Waals surface area contributed by atoms with Crippen LogP contribution in [0.5, 0.6) is 0 Å². The molecule has 0 fully saturated rings. The Balaban J connectivity index is 3.83. The molecule has 0 saturated carbocycles. The van der Waals surface area contributed by atoms with Crippen molar-refractivity contribution in [1.82, 2.24) is 5.32 Å². The van der Waals surface area contributed by atoms with Crippen molar-refractivity contribution in [3.63, 3.8) is 0 Å². The van der Waals surface area contributed by atoms with E-state index in [0.717, 1.165) is 32.2 Å². The van der Waals surface area contributed by atoms with E-state index < -0.39 is 13.0 Å². The van der Waals surface area contributed by atoms with Gasteiger partial charge in [-0.3, -0.25) is 0 Å². The Morgan fingerprint density at radius 1 is 1.12 bits per heavy atom. The average Bonchev–Trinajstić information content (AvgIpc) is 2.28. The highest BCUT2D eigenvalue weighted by molar-refractivity contribution is 4.73. The lowest BCUT2D eigenvalue weighted by atomic mass is 9.94. The van der Waals surface area contributed by atoms with Crippen LogP contribution in [0.2, 0.25) is 0 Å². The Labute approximate surface area is 104 Å². The van der Waals surface area contributed by atoms with E-state index in [9.17, 15) is 8.78 Å². The second-order valence-electron chi connectivity index (χ2n) is 4.58. The molecule has 0 saturated heterocycles. The van der Waals surface area contributed by atoms with Crippen LogP contribution in [-0.2, 0) is 4.74 Å². The van der Waals surface area contributed by atoms with Gasteiger partial charge in [0.2, 0.25) is 0 Å². The molecule has 0 aliphatic carbocycles. The molecule has 0 amide bonds. The second kappa shape index (κ2) is 10.9. The summed E-state index contributed by atoms with van der Waals surface area (Å²) in [4.78, 5) is 0. The first-order valence-corrected chi connectivity index (χ1v) is 6.71. The number of hydrogen-bond donors (Lipinski definition) is 1. The smallest absolute Gasteiger partial charge is 0.261 e. The lowest BCUT2D eigenvalue weighted by molar-refractivity contribution is 0.0129. The van der Waals surface area contributed by atoms with Gasteiger partial charge in [-0.15, -0.1) is 0 Å². The third-order valence-electron chi connectivity index (χ3n) is 2.90. The van der Waals surface area contributed by atoms with Gasteiger partial charge in [-0.1, -0.05) is 27.2 Å². The third-order valence-corrected chi connectivity index (χ3v) is 2.90. The first kappa shape index (κ1) is 16.8. The van der Waals surface area contributed by atoms with Crippen LogP contribution in [0.15, 0.2) is 0 Å². The van der Waals surface area contributed by atoms with Crippen LogP contribution in [0, 0.1) is 5.92 Å². The van der Waals surface area contributed by atoms with Gasteiger partial charge >= 0.3 is 0 Å². The minimum atomic E-state index is -2.36. The second-order valence-corrected chi connectivity index (χ2v) is 4.58. The lowest BCUT2D eigenvalue weighted by Crippen LogP contribution is -2.36. The highest BCUT2D eigenvalue weighted by atomic mass is 19.3.